The molecular formula is C14H11BrN2O4. The number of nitro benzene ring substituents is 1. The Morgan fingerprint density at radius 2 is 2.10 bits per heavy atom. The number of ether oxygens (including phenoxy) is 1. The Kier molecular flexibility index (Phi) is 4.54. The van der Waals surface area contributed by atoms with Crippen LogP contribution in [-0.2, 0) is 0 Å². The average Bonchev–Trinajstić information content (AvgIpc) is 2.47. The molecule has 6 nitrogen and oxygen atoms in total. The van der Waals surface area contributed by atoms with Crippen LogP contribution in [0.15, 0.2) is 45.9 Å². The third-order valence-corrected chi connectivity index (χ3v) is 3.20. The maximum atomic E-state index is 10.7. The van der Waals surface area contributed by atoms with E-state index in [0.29, 0.717) is 11.3 Å². The Balaban J connectivity index is 2.36. The topological polar surface area (TPSA) is 85.0 Å². The number of methoxy groups -OCH3 is 1. The summed E-state index contributed by atoms with van der Waals surface area (Å²) in [7, 11) is 1.41. The number of halogens is 1. The molecular weight excluding hydrogens is 340 g/mol. The van der Waals surface area contributed by atoms with Gasteiger partial charge in [-0.3, -0.25) is 15.1 Å². The first kappa shape index (κ1) is 15.0. The van der Waals surface area contributed by atoms with Crippen molar-refractivity contribution in [3.63, 3.8) is 0 Å². The van der Waals surface area contributed by atoms with Gasteiger partial charge in [-0.2, -0.15) is 0 Å². The molecule has 0 saturated carbocycles. The van der Waals surface area contributed by atoms with Crippen molar-refractivity contribution in [3.05, 3.63) is 56.5 Å². The fraction of sp³-hybridized carbons (Fsp3) is 0.0714. The lowest BCUT2D eigenvalue weighted by molar-refractivity contribution is -0.384. The standard InChI is InChI=1S/C14H11BrN2O4/c1-21-14-7-11(17(19)20)3-4-12(14)16-8-9-6-10(15)2-5-13(9)18/h2-8,18H,1H3. The summed E-state index contributed by atoms with van der Waals surface area (Å²) in [5.74, 6) is 0.373. The van der Waals surface area contributed by atoms with Gasteiger partial charge in [0.1, 0.15) is 11.4 Å². The van der Waals surface area contributed by atoms with Crippen molar-refractivity contribution in [1.29, 1.82) is 0 Å². The van der Waals surface area contributed by atoms with Gasteiger partial charge in [0.15, 0.2) is 5.75 Å². The lowest BCUT2D eigenvalue weighted by Gasteiger charge is -2.04. The quantitative estimate of drug-likeness (QED) is 0.515. The van der Waals surface area contributed by atoms with Crippen LogP contribution in [0.2, 0.25) is 0 Å². The summed E-state index contributed by atoms with van der Waals surface area (Å²) in [6.07, 6.45) is 1.46. The highest BCUT2D eigenvalue weighted by atomic mass is 79.9. The van der Waals surface area contributed by atoms with Crippen molar-refractivity contribution in [2.24, 2.45) is 4.99 Å². The van der Waals surface area contributed by atoms with E-state index in [2.05, 4.69) is 20.9 Å². The molecule has 0 fully saturated rings. The molecule has 21 heavy (non-hydrogen) atoms. The number of non-ortho nitro benzene ring substituents is 1. The molecule has 0 aliphatic heterocycles. The van der Waals surface area contributed by atoms with Gasteiger partial charge in [-0.05, 0) is 24.3 Å². The molecule has 0 heterocycles. The van der Waals surface area contributed by atoms with Crippen LogP contribution < -0.4 is 4.74 Å². The van der Waals surface area contributed by atoms with Crippen LogP contribution in [0.5, 0.6) is 11.5 Å². The summed E-state index contributed by atoms with van der Waals surface area (Å²) in [5, 5.41) is 20.4. The Bertz CT molecular complexity index is 716. The van der Waals surface area contributed by atoms with E-state index in [9.17, 15) is 15.2 Å². The summed E-state index contributed by atoms with van der Waals surface area (Å²) in [6.45, 7) is 0. The number of nitro groups is 1. The van der Waals surface area contributed by atoms with Gasteiger partial charge in [0.05, 0.1) is 18.1 Å². The zero-order valence-corrected chi connectivity index (χ0v) is 12.6. The van der Waals surface area contributed by atoms with Crippen LogP contribution in [0.1, 0.15) is 5.56 Å². The highest BCUT2D eigenvalue weighted by molar-refractivity contribution is 9.10. The molecule has 2 rings (SSSR count). The van der Waals surface area contributed by atoms with Gasteiger partial charge < -0.3 is 9.84 Å². The van der Waals surface area contributed by atoms with Gasteiger partial charge in [0.25, 0.3) is 5.69 Å². The first-order valence-electron chi connectivity index (χ1n) is 5.86. The zero-order valence-electron chi connectivity index (χ0n) is 11.0. The second-order valence-electron chi connectivity index (χ2n) is 4.07. The van der Waals surface area contributed by atoms with E-state index in [4.69, 9.17) is 4.74 Å². The largest absolute Gasteiger partial charge is 0.507 e. The molecule has 0 amide bonds. The van der Waals surface area contributed by atoms with Crippen molar-refractivity contribution < 1.29 is 14.8 Å². The van der Waals surface area contributed by atoms with E-state index in [-0.39, 0.29) is 17.2 Å². The summed E-state index contributed by atoms with van der Waals surface area (Å²) in [5.41, 5.74) is 0.878. The van der Waals surface area contributed by atoms with E-state index >= 15 is 0 Å². The summed E-state index contributed by atoms with van der Waals surface area (Å²) >= 11 is 3.30. The van der Waals surface area contributed by atoms with Crippen LogP contribution in [0, 0.1) is 10.1 Å². The Labute approximate surface area is 129 Å². The SMILES string of the molecule is COc1cc([N+](=O)[O-])ccc1N=Cc1cc(Br)ccc1O. The average molecular weight is 351 g/mol. The number of aliphatic imine (C=N–C) groups is 1. The first-order chi connectivity index (χ1) is 10.0. The summed E-state index contributed by atoms with van der Waals surface area (Å²) in [6, 6.07) is 9.08. The zero-order chi connectivity index (χ0) is 15.4. The van der Waals surface area contributed by atoms with Crippen molar-refractivity contribution in [1.82, 2.24) is 0 Å². The van der Waals surface area contributed by atoms with Crippen LogP contribution in [0.4, 0.5) is 11.4 Å². The number of aromatic hydroxyl groups is 1. The normalized spacial score (nSPS) is 10.8. The van der Waals surface area contributed by atoms with Crippen molar-refractivity contribution in [2.45, 2.75) is 0 Å². The molecule has 1 N–H and O–H groups in total. The molecule has 0 aliphatic rings. The minimum Gasteiger partial charge on any atom is -0.507 e. The fourth-order valence-corrected chi connectivity index (χ4v) is 2.03. The highest BCUT2D eigenvalue weighted by Crippen LogP contribution is 2.31. The number of hydrogen-bond donors (Lipinski definition) is 1. The third-order valence-electron chi connectivity index (χ3n) is 2.71. The molecule has 0 aromatic heterocycles. The van der Waals surface area contributed by atoms with Gasteiger partial charge >= 0.3 is 0 Å². The van der Waals surface area contributed by atoms with Crippen LogP contribution in [0.25, 0.3) is 0 Å². The molecule has 7 heteroatoms. The predicted molar refractivity (Wildman–Crippen MR) is 82.7 cm³/mol. The fourth-order valence-electron chi connectivity index (χ4n) is 1.65. The minimum absolute atomic E-state index is 0.0731. The lowest BCUT2D eigenvalue weighted by atomic mass is 10.2. The number of phenolic OH excluding ortho intramolecular Hbond substituents is 1. The molecule has 0 aliphatic carbocycles. The number of nitrogens with zero attached hydrogens (tertiary/aromatic N) is 2. The van der Waals surface area contributed by atoms with Gasteiger partial charge in [-0.15, -0.1) is 0 Å². The van der Waals surface area contributed by atoms with Crippen molar-refractivity contribution in [2.75, 3.05) is 7.11 Å². The number of phenols is 1. The van der Waals surface area contributed by atoms with E-state index in [0.717, 1.165) is 4.47 Å². The van der Waals surface area contributed by atoms with Gasteiger partial charge in [-0.1, -0.05) is 15.9 Å². The summed E-state index contributed by atoms with van der Waals surface area (Å²) < 4.78 is 5.89. The molecule has 0 spiro atoms. The van der Waals surface area contributed by atoms with Gasteiger partial charge in [0.2, 0.25) is 0 Å². The maximum Gasteiger partial charge on any atom is 0.273 e. The lowest BCUT2D eigenvalue weighted by Crippen LogP contribution is -1.90. The minimum atomic E-state index is -0.504. The van der Waals surface area contributed by atoms with Gasteiger partial charge in [-0.25, -0.2) is 0 Å². The number of hydrogen-bond acceptors (Lipinski definition) is 5. The van der Waals surface area contributed by atoms with E-state index in [1.54, 1.807) is 18.2 Å². The monoisotopic (exact) mass is 350 g/mol. The second-order valence-corrected chi connectivity index (χ2v) is 4.99. The molecule has 0 bridgehead atoms. The maximum absolute atomic E-state index is 10.7. The molecule has 108 valence electrons. The molecule has 0 unspecified atom stereocenters. The van der Waals surface area contributed by atoms with Gasteiger partial charge in [0, 0.05) is 22.3 Å². The predicted octanol–water partition coefficient (Wildman–Crippen LogP) is 3.82. The Morgan fingerprint density at radius 1 is 1.33 bits per heavy atom. The molecule has 0 atom stereocenters. The molecule has 2 aromatic rings. The van der Waals surface area contributed by atoms with Crippen LogP contribution in [-0.4, -0.2) is 23.4 Å². The Hall–Kier alpha value is -2.41. The number of rotatable bonds is 4. The summed E-state index contributed by atoms with van der Waals surface area (Å²) in [4.78, 5) is 14.4. The Morgan fingerprint density at radius 3 is 2.76 bits per heavy atom. The van der Waals surface area contributed by atoms with Crippen molar-refractivity contribution >= 4 is 33.5 Å². The number of benzene rings is 2. The van der Waals surface area contributed by atoms with E-state index in [1.807, 2.05) is 0 Å². The molecule has 0 radical (unpaired) electrons. The first-order valence-corrected chi connectivity index (χ1v) is 6.65. The highest BCUT2D eigenvalue weighted by Gasteiger charge is 2.10. The van der Waals surface area contributed by atoms with Crippen LogP contribution >= 0.6 is 15.9 Å². The smallest absolute Gasteiger partial charge is 0.273 e. The molecule has 2 aromatic carbocycles. The van der Waals surface area contributed by atoms with Crippen molar-refractivity contribution in [3.8, 4) is 11.5 Å². The molecule has 0 saturated heterocycles. The second kappa shape index (κ2) is 6.36. The van der Waals surface area contributed by atoms with Crippen LogP contribution in [0.3, 0.4) is 0 Å². The third kappa shape index (κ3) is 3.57. The van der Waals surface area contributed by atoms with E-state index in [1.165, 1.54) is 31.5 Å². The van der Waals surface area contributed by atoms with E-state index < -0.39 is 4.92 Å².